The Kier molecular flexibility index (Phi) is 2.14. The first-order chi connectivity index (χ1) is 6.81. The number of nitrogens with zero attached hydrogens (tertiary/aromatic N) is 2. The monoisotopic (exact) mass is 190 g/mol. The molecule has 0 aliphatic rings. The molecular formula is C9H10N4O. The summed E-state index contributed by atoms with van der Waals surface area (Å²) >= 11 is 0. The maximum absolute atomic E-state index is 11.2. The number of amides is 1. The zero-order valence-corrected chi connectivity index (χ0v) is 7.74. The van der Waals surface area contributed by atoms with Crippen LogP contribution in [-0.4, -0.2) is 20.9 Å². The van der Waals surface area contributed by atoms with E-state index in [9.17, 15) is 4.79 Å². The highest BCUT2D eigenvalue weighted by molar-refractivity contribution is 5.97. The number of hydrogen-bond acceptors (Lipinski definition) is 3. The fourth-order valence-electron chi connectivity index (χ4n) is 1.18. The van der Waals surface area contributed by atoms with Crippen molar-refractivity contribution in [1.29, 1.82) is 0 Å². The van der Waals surface area contributed by atoms with Crippen LogP contribution in [0.4, 0.5) is 5.82 Å². The van der Waals surface area contributed by atoms with Gasteiger partial charge in [-0.1, -0.05) is 6.92 Å². The van der Waals surface area contributed by atoms with Crippen LogP contribution in [0.5, 0.6) is 0 Å². The number of hydrogen-bond donors (Lipinski definition) is 2. The summed E-state index contributed by atoms with van der Waals surface area (Å²) in [5.41, 5.74) is 1.56. The molecule has 0 bridgehead atoms. The first kappa shape index (κ1) is 8.68. The molecule has 0 saturated carbocycles. The van der Waals surface area contributed by atoms with E-state index in [1.54, 1.807) is 19.4 Å². The molecule has 2 aromatic heterocycles. The zero-order valence-electron chi connectivity index (χ0n) is 7.74. The number of pyridine rings is 1. The number of aromatic amines is 1. The van der Waals surface area contributed by atoms with E-state index in [0.717, 1.165) is 5.52 Å². The van der Waals surface area contributed by atoms with Crippen molar-refractivity contribution in [2.24, 2.45) is 0 Å². The highest BCUT2D eigenvalue weighted by Gasteiger charge is 2.06. The van der Waals surface area contributed by atoms with Gasteiger partial charge in [-0.2, -0.15) is 0 Å². The summed E-state index contributed by atoms with van der Waals surface area (Å²) in [6.07, 6.45) is 3.64. The molecule has 5 heteroatoms. The van der Waals surface area contributed by atoms with Crippen LogP contribution in [0.3, 0.4) is 0 Å². The van der Waals surface area contributed by atoms with Gasteiger partial charge in [-0.3, -0.25) is 4.79 Å². The van der Waals surface area contributed by atoms with Gasteiger partial charge in [0, 0.05) is 12.6 Å². The second kappa shape index (κ2) is 3.45. The van der Waals surface area contributed by atoms with E-state index in [4.69, 9.17) is 0 Å². The largest absolute Gasteiger partial charge is 0.344 e. The first-order valence-electron chi connectivity index (χ1n) is 4.39. The summed E-state index contributed by atoms with van der Waals surface area (Å²) in [6.45, 7) is 1.79. The molecular weight excluding hydrogens is 180 g/mol. The molecule has 0 aliphatic heterocycles. The van der Waals surface area contributed by atoms with Gasteiger partial charge in [-0.05, 0) is 6.07 Å². The fraction of sp³-hybridized carbons (Fsp3) is 0.222. The molecule has 2 N–H and O–H groups in total. The van der Waals surface area contributed by atoms with Crippen LogP contribution in [0, 0.1) is 0 Å². The number of anilines is 1. The van der Waals surface area contributed by atoms with Crippen LogP contribution in [0.2, 0.25) is 0 Å². The first-order valence-corrected chi connectivity index (χ1v) is 4.39. The lowest BCUT2D eigenvalue weighted by molar-refractivity contribution is -0.115. The SMILES string of the molecule is CCC(=O)Nc1nccc2[nH]cnc12. The number of imidazole rings is 1. The van der Waals surface area contributed by atoms with Crippen molar-refractivity contribution < 1.29 is 4.79 Å². The van der Waals surface area contributed by atoms with Crippen LogP contribution in [0.1, 0.15) is 13.3 Å². The Morgan fingerprint density at radius 3 is 3.21 bits per heavy atom. The molecule has 2 heterocycles. The maximum Gasteiger partial charge on any atom is 0.225 e. The van der Waals surface area contributed by atoms with Crippen molar-refractivity contribution >= 4 is 22.8 Å². The van der Waals surface area contributed by atoms with E-state index >= 15 is 0 Å². The average molecular weight is 190 g/mol. The Labute approximate surface area is 80.6 Å². The third-order valence-corrected chi connectivity index (χ3v) is 1.92. The Hall–Kier alpha value is -1.91. The topological polar surface area (TPSA) is 70.7 Å². The summed E-state index contributed by atoms with van der Waals surface area (Å²) in [4.78, 5) is 22.2. The van der Waals surface area contributed by atoms with Crippen LogP contribution in [-0.2, 0) is 4.79 Å². The van der Waals surface area contributed by atoms with Crippen LogP contribution in [0.15, 0.2) is 18.6 Å². The lowest BCUT2D eigenvalue weighted by atomic mass is 10.3. The number of nitrogens with one attached hydrogen (secondary N) is 2. The number of H-pyrrole nitrogens is 1. The van der Waals surface area contributed by atoms with Crippen molar-refractivity contribution in [2.75, 3.05) is 5.32 Å². The molecule has 0 unspecified atom stereocenters. The zero-order chi connectivity index (χ0) is 9.97. The summed E-state index contributed by atoms with van der Waals surface area (Å²) in [5.74, 6) is 0.448. The van der Waals surface area contributed by atoms with Crippen molar-refractivity contribution in [3.63, 3.8) is 0 Å². The second-order valence-corrected chi connectivity index (χ2v) is 2.86. The van der Waals surface area contributed by atoms with E-state index in [-0.39, 0.29) is 5.91 Å². The minimum absolute atomic E-state index is 0.0620. The predicted octanol–water partition coefficient (Wildman–Crippen LogP) is 1.31. The van der Waals surface area contributed by atoms with Gasteiger partial charge in [0.1, 0.15) is 5.52 Å². The Bertz CT molecular complexity index is 463. The van der Waals surface area contributed by atoms with Gasteiger partial charge in [0.2, 0.25) is 5.91 Å². The number of fused-ring (bicyclic) bond motifs is 1. The summed E-state index contributed by atoms with van der Waals surface area (Å²) < 4.78 is 0. The van der Waals surface area contributed by atoms with Gasteiger partial charge >= 0.3 is 0 Å². The van der Waals surface area contributed by atoms with Gasteiger partial charge in [0.15, 0.2) is 5.82 Å². The van der Waals surface area contributed by atoms with Crippen LogP contribution in [0.25, 0.3) is 11.0 Å². The van der Waals surface area contributed by atoms with Crippen molar-refractivity contribution in [1.82, 2.24) is 15.0 Å². The van der Waals surface area contributed by atoms with Gasteiger partial charge in [-0.25, -0.2) is 9.97 Å². The quantitative estimate of drug-likeness (QED) is 0.749. The molecule has 2 aromatic rings. The van der Waals surface area contributed by atoms with Gasteiger partial charge < -0.3 is 10.3 Å². The molecule has 0 aliphatic carbocycles. The molecule has 0 fully saturated rings. The standard InChI is InChI=1S/C9H10N4O/c1-2-7(14)13-9-8-6(3-4-10-9)11-5-12-8/h3-5H,2H2,1H3,(H,11,12)(H,10,13,14). The molecule has 0 saturated heterocycles. The Morgan fingerprint density at radius 1 is 1.57 bits per heavy atom. The molecule has 72 valence electrons. The van der Waals surface area contributed by atoms with Crippen molar-refractivity contribution in [3.8, 4) is 0 Å². The molecule has 0 atom stereocenters. The number of carbonyl (C=O) groups excluding carboxylic acids is 1. The van der Waals surface area contributed by atoms with Crippen molar-refractivity contribution in [3.05, 3.63) is 18.6 Å². The van der Waals surface area contributed by atoms with E-state index < -0.39 is 0 Å². The molecule has 5 nitrogen and oxygen atoms in total. The van der Waals surface area contributed by atoms with Crippen LogP contribution >= 0.6 is 0 Å². The molecule has 14 heavy (non-hydrogen) atoms. The third-order valence-electron chi connectivity index (χ3n) is 1.92. The lowest BCUT2D eigenvalue weighted by Gasteiger charge is -2.01. The second-order valence-electron chi connectivity index (χ2n) is 2.86. The van der Waals surface area contributed by atoms with Crippen LogP contribution < -0.4 is 5.32 Å². The predicted molar refractivity (Wildman–Crippen MR) is 52.8 cm³/mol. The fourth-order valence-corrected chi connectivity index (χ4v) is 1.18. The summed E-state index contributed by atoms with van der Waals surface area (Å²) in [5, 5.41) is 2.69. The van der Waals surface area contributed by atoms with E-state index in [1.165, 1.54) is 0 Å². The number of aromatic nitrogens is 3. The highest BCUT2D eigenvalue weighted by atomic mass is 16.1. The van der Waals surface area contributed by atoms with Gasteiger partial charge in [-0.15, -0.1) is 0 Å². The minimum atomic E-state index is -0.0620. The van der Waals surface area contributed by atoms with Crippen molar-refractivity contribution in [2.45, 2.75) is 13.3 Å². The Balaban J connectivity index is 2.41. The summed E-state index contributed by atoms with van der Waals surface area (Å²) in [6, 6.07) is 1.81. The Morgan fingerprint density at radius 2 is 2.43 bits per heavy atom. The maximum atomic E-state index is 11.2. The number of rotatable bonds is 2. The normalized spacial score (nSPS) is 10.4. The number of carbonyl (C=O) groups is 1. The molecule has 0 spiro atoms. The average Bonchev–Trinajstić information content (AvgIpc) is 2.66. The van der Waals surface area contributed by atoms with Gasteiger partial charge in [0.05, 0.1) is 11.8 Å². The molecule has 0 aromatic carbocycles. The highest BCUT2D eigenvalue weighted by Crippen LogP contribution is 2.16. The molecule has 0 radical (unpaired) electrons. The smallest absolute Gasteiger partial charge is 0.225 e. The molecule has 1 amide bonds. The van der Waals surface area contributed by atoms with E-state index in [0.29, 0.717) is 17.8 Å². The van der Waals surface area contributed by atoms with E-state index in [2.05, 4.69) is 20.3 Å². The third kappa shape index (κ3) is 1.44. The lowest BCUT2D eigenvalue weighted by Crippen LogP contribution is -2.10. The summed E-state index contributed by atoms with van der Waals surface area (Å²) in [7, 11) is 0. The minimum Gasteiger partial charge on any atom is -0.344 e. The van der Waals surface area contributed by atoms with E-state index in [1.807, 2.05) is 6.07 Å². The van der Waals surface area contributed by atoms with Gasteiger partial charge in [0.25, 0.3) is 0 Å². The molecule has 2 rings (SSSR count).